The van der Waals surface area contributed by atoms with E-state index in [9.17, 15) is 5.11 Å². The van der Waals surface area contributed by atoms with Crippen LogP contribution in [0.5, 0.6) is 0 Å². The molecule has 102 valence electrons. The molecular weight excluding hydrogens is 236 g/mol. The quantitative estimate of drug-likeness (QED) is 0.895. The second kappa shape index (κ2) is 5.62. The van der Waals surface area contributed by atoms with Gasteiger partial charge in [0.2, 0.25) is 0 Å². The van der Waals surface area contributed by atoms with Crippen molar-refractivity contribution in [1.29, 1.82) is 0 Å². The fourth-order valence-corrected chi connectivity index (χ4v) is 2.53. The Morgan fingerprint density at radius 2 is 1.79 bits per heavy atom. The summed E-state index contributed by atoms with van der Waals surface area (Å²) in [5.41, 5.74) is 4.33. The maximum absolute atomic E-state index is 10.7. The first-order valence-electron chi connectivity index (χ1n) is 6.93. The highest BCUT2D eigenvalue weighted by Gasteiger charge is 2.19. The van der Waals surface area contributed by atoms with Crippen LogP contribution in [0.2, 0.25) is 0 Å². The average Bonchev–Trinajstić information content (AvgIpc) is 2.76. The Balaban J connectivity index is 2.47. The fourth-order valence-electron chi connectivity index (χ4n) is 2.53. The Hall–Kier alpha value is -1.54. The number of rotatable bonds is 4. The highest BCUT2D eigenvalue weighted by molar-refractivity contribution is 5.40. The standard InChI is InChI=1S/C17H22O2/c1-5-13-7-8-14(6-2)16(10-13)17(18)15-9-11(3)19-12(15)4/h7-10,17-18H,5-6H2,1-4H3. The summed E-state index contributed by atoms with van der Waals surface area (Å²) in [7, 11) is 0. The second-order valence-corrected chi connectivity index (χ2v) is 5.01. The molecular formula is C17H22O2. The normalized spacial score (nSPS) is 12.7. The van der Waals surface area contributed by atoms with Gasteiger partial charge < -0.3 is 9.52 Å². The lowest BCUT2D eigenvalue weighted by atomic mass is 9.93. The van der Waals surface area contributed by atoms with Crippen molar-refractivity contribution in [1.82, 2.24) is 0 Å². The van der Waals surface area contributed by atoms with E-state index in [0.29, 0.717) is 0 Å². The van der Waals surface area contributed by atoms with Gasteiger partial charge in [0.15, 0.2) is 0 Å². The summed E-state index contributed by atoms with van der Waals surface area (Å²) in [5.74, 6) is 1.64. The van der Waals surface area contributed by atoms with E-state index >= 15 is 0 Å². The van der Waals surface area contributed by atoms with Crippen LogP contribution in [0.3, 0.4) is 0 Å². The summed E-state index contributed by atoms with van der Waals surface area (Å²) in [6, 6.07) is 8.31. The number of benzene rings is 1. The van der Waals surface area contributed by atoms with Gasteiger partial charge in [-0.3, -0.25) is 0 Å². The first-order valence-corrected chi connectivity index (χ1v) is 6.93. The molecule has 0 aliphatic rings. The number of hydrogen-bond acceptors (Lipinski definition) is 2. The van der Waals surface area contributed by atoms with Crippen molar-refractivity contribution < 1.29 is 9.52 Å². The third-order valence-corrected chi connectivity index (χ3v) is 3.67. The molecule has 1 heterocycles. The van der Waals surface area contributed by atoms with Crippen LogP contribution in [0, 0.1) is 13.8 Å². The Labute approximate surface area is 115 Å². The Kier molecular flexibility index (Phi) is 4.11. The van der Waals surface area contributed by atoms with Crippen LogP contribution in [0.1, 0.15) is 53.7 Å². The maximum atomic E-state index is 10.7. The lowest BCUT2D eigenvalue weighted by molar-refractivity contribution is 0.217. The second-order valence-electron chi connectivity index (χ2n) is 5.01. The topological polar surface area (TPSA) is 33.4 Å². The summed E-state index contributed by atoms with van der Waals surface area (Å²) in [5, 5.41) is 10.7. The van der Waals surface area contributed by atoms with Crippen LogP contribution >= 0.6 is 0 Å². The van der Waals surface area contributed by atoms with Crippen LogP contribution in [-0.2, 0) is 12.8 Å². The Bertz CT molecular complexity index is 567. The zero-order valence-electron chi connectivity index (χ0n) is 12.2. The van der Waals surface area contributed by atoms with Crippen LogP contribution in [0.25, 0.3) is 0 Å². The molecule has 0 aliphatic carbocycles. The van der Waals surface area contributed by atoms with Crippen molar-refractivity contribution in [3.05, 3.63) is 58.0 Å². The minimum atomic E-state index is -0.598. The molecule has 0 saturated carbocycles. The third-order valence-electron chi connectivity index (χ3n) is 3.67. The zero-order chi connectivity index (χ0) is 14.0. The highest BCUT2D eigenvalue weighted by atomic mass is 16.3. The molecule has 0 radical (unpaired) electrons. The molecule has 2 rings (SSSR count). The molecule has 1 aromatic heterocycles. The van der Waals surface area contributed by atoms with Gasteiger partial charge in [0.25, 0.3) is 0 Å². The summed E-state index contributed by atoms with van der Waals surface area (Å²) in [6.45, 7) is 8.06. The summed E-state index contributed by atoms with van der Waals surface area (Å²) in [6.07, 6.45) is 1.30. The van der Waals surface area contributed by atoms with Crippen molar-refractivity contribution in [2.75, 3.05) is 0 Å². The molecule has 19 heavy (non-hydrogen) atoms. The molecule has 1 atom stereocenters. The number of hydrogen-bond donors (Lipinski definition) is 1. The van der Waals surface area contributed by atoms with Crippen LogP contribution in [0.4, 0.5) is 0 Å². The monoisotopic (exact) mass is 258 g/mol. The van der Waals surface area contributed by atoms with E-state index in [2.05, 4.69) is 32.0 Å². The maximum Gasteiger partial charge on any atom is 0.108 e. The number of furan rings is 1. The van der Waals surface area contributed by atoms with Crippen LogP contribution in [-0.4, -0.2) is 5.11 Å². The number of aliphatic hydroxyl groups excluding tert-OH is 1. The largest absolute Gasteiger partial charge is 0.466 e. The van der Waals surface area contributed by atoms with Crippen molar-refractivity contribution >= 4 is 0 Å². The number of aliphatic hydroxyl groups is 1. The van der Waals surface area contributed by atoms with Gasteiger partial charge in [-0.05, 0) is 49.4 Å². The molecule has 0 fully saturated rings. The Morgan fingerprint density at radius 3 is 2.32 bits per heavy atom. The lowest BCUT2D eigenvalue weighted by Gasteiger charge is -2.16. The van der Waals surface area contributed by atoms with Crippen molar-refractivity contribution in [3.63, 3.8) is 0 Å². The molecule has 0 saturated heterocycles. The molecule has 0 amide bonds. The first kappa shape index (κ1) is 13.9. The lowest BCUT2D eigenvalue weighted by Crippen LogP contribution is -2.05. The third kappa shape index (κ3) is 2.74. The molecule has 2 nitrogen and oxygen atoms in total. The molecule has 0 spiro atoms. The van der Waals surface area contributed by atoms with E-state index in [1.54, 1.807) is 0 Å². The zero-order valence-corrected chi connectivity index (χ0v) is 12.2. The highest BCUT2D eigenvalue weighted by Crippen LogP contribution is 2.30. The summed E-state index contributed by atoms with van der Waals surface area (Å²) in [4.78, 5) is 0. The predicted molar refractivity (Wildman–Crippen MR) is 77.4 cm³/mol. The van der Waals surface area contributed by atoms with E-state index in [-0.39, 0.29) is 0 Å². The van der Waals surface area contributed by atoms with Crippen molar-refractivity contribution in [2.45, 2.75) is 46.6 Å². The average molecular weight is 258 g/mol. The molecule has 2 aromatic rings. The minimum Gasteiger partial charge on any atom is -0.466 e. The molecule has 0 bridgehead atoms. The van der Waals surface area contributed by atoms with E-state index in [1.807, 2.05) is 19.9 Å². The predicted octanol–water partition coefficient (Wildman–Crippen LogP) is 4.10. The van der Waals surface area contributed by atoms with Gasteiger partial charge in [0, 0.05) is 5.56 Å². The van der Waals surface area contributed by atoms with Gasteiger partial charge in [-0.15, -0.1) is 0 Å². The fraction of sp³-hybridized carbons (Fsp3) is 0.412. The van der Waals surface area contributed by atoms with E-state index < -0.39 is 6.10 Å². The molecule has 1 N–H and O–H groups in total. The van der Waals surface area contributed by atoms with Gasteiger partial charge in [0.05, 0.1) is 0 Å². The smallest absolute Gasteiger partial charge is 0.108 e. The Morgan fingerprint density at radius 1 is 1.05 bits per heavy atom. The summed E-state index contributed by atoms with van der Waals surface area (Å²) >= 11 is 0. The van der Waals surface area contributed by atoms with Gasteiger partial charge in [-0.25, -0.2) is 0 Å². The van der Waals surface area contributed by atoms with Gasteiger partial charge in [-0.1, -0.05) is 32.0 Å². The van der Waals surface area contributed by atoms with E-state index in [1.165, 1.54) is 11.1 Å². The molecule has 1 aromatic carbocycles. The van der Waals surface area contributed by atoms with Crippen molar-refractivity contribution in [2.24, 2.45) is 0 Å². The van der Waals surface area contributed by atoms with E-state index in [0.717, 1.165) is 35.5 Å². The van der Waals surface area contributed by atoms with Gasteiger partial charge in [0.1, 0.15) is 17.6 Å². The SMILES string of the molecule is CCc1ccc(CC)c(C(O)c2cc(C)oc2C)c1. The minimum absolute atomic E-state index is 0.598. The van der Waals surface area contributed by atoms with E-state index in [4.69, 9.17) is 4.42 Å². The number of aryl methyl sites for hydroxylation is 4. The van der Waals surface area contributed by atoms with Gasteiger partial charge >= 0.3 is 0 Å². The van der Waals surface area contributed by atoms with Gasteiger partial charge in [-0.2, -0.15) is 0 Å². The molecule has 1 unspecified atom stereocenters. The van der Waals surface area contributed by atoms with Crippen LogP contribution in [0.15, 0.2) is 28.7 Å². The van der Waals surface area contributed by atoms with Crippen LogP contribution < -0.4 is 0 Å². The molecule has 2 heteroatoms. The molecule has 0 aliphatic heterocycles. The van der Waals surface area contributed by atoms with Crippen molar-refractivity contribution in [3.8, 4) is 0 Å². The summed E-state index contributed by atoms with van der Waals surface area (Å²) < 4.78 is 5.53. The first-order chi connectivity index (χ1) is 9.06.